The van der Waals surface area contributed by atoms with Gasteiger partial charge in [-0.1, -0.05) is 71.7 Å². The Labute approximate surface area is 289 Å². The van der Waals surface area contributed by atoms with E-state index in [9.17, 15) is 14.4 Å². The van der Waals surface area contributed by atoms with Gasteiger partial charge < -0.3 is 15.0 Å². The van der Waals surface area contributed by atoms with Gasteiger partial charge in [-0.05, 0) is 72.1 Å². The molecule has 0 unspecified atom stereocenters. The van der Waals surface area contributed by atoms with Crippen LogP contribution in [0.25, 0.3) is 22.4 Å². The van der Waals surface area contributed by atoms with Crippen LogP contribution in [-0.2, 0) is 15.5 Å². The number of likely N-dealkylation sites (tertiary alicyclic amines) is 1. The highest BCUT2D eigenvalue weighted by Crippen LogP contribution is 2.59. The van der Waals surface area contributed by atoms with Crippen LogP contribution in [0.5, 0.6) is 0 Å². The number of alkyl carbamates (subject to hydrolysis) is 1. The molecule has 2 fully saturated rings. The lowest BCUT2D eigenvalue weighted by Gasteiger charge is -2.30. The predicted octanol–water partition coefficient (Wildman–Crippen LogP) is 8.21. The van der Waals surface area contributed by atoms with Crippen LogP contribution in [0.3, 0.4) is 0 Å². The van der Waals surface area contributed by atoms with Crippen LogP contribution in [-0.4, -0.2) is 52.1 Å². The molecule has 4 aromatic rings. The lowest BCUT2D eigenvalue weighted by molar-refractivity contribution is -0.135. The van der Waals surface area contributed by atoms with Gasteiger partial charge in [-0.15, -0.1) is 0 Å². The minimum absolute atomic E-state index is 0.0968. The molecule has 1 N–H and O–H groups in total. The van der Waals surface area contributed by atoms with E-state index in [1.54, 1.807) is 53.4 Å². The number of nitrogens with one attached hydrogen (secondary N) is 1. The number of benzene rings is 3. The summed E-state index contributed by atoms with van der Waals surface area (Å²) in [6, 6.07) is 14.7. The molecule has 2 aliphatic carbocycles. The molecule has 3 aromatic carbocycles. The fraction of sp³-hybridized carbons (Fsp3) is 0.333. The third-order valence-corrected chi connectivity index (χ3v) is 10.6. The van der Waals surface area contributed by atoms with Gasteiger partial charge in [0.05, 0.1) is 35.6 Å². The SMILES string of the molecule is COC(=O)N[C@H](C(=O)N1CC2(CC2)C[C@H]1c1ncc(-c2ccc3c(c2)C(F)(F)c2cc(Br)ccc2-3)n1C(=O)c1ccccc1Cl)C(C)C. The van der Waals surface area contributed by atoms with Crippen molar-refractivity contribution in [3.8, 4) is 22.4 Å². The van der Waals surface area contributed by atoms with Gasteiger partial charge in [0.15, 0.2) is 0 Å². The second-order valence-electron chi connectivity index (χ2n) is 13.2. The summed E-state index contributed by atoms with van der Waals surface area (Å²) < 4.78 is 38.6. The van der Waals surface area contributed by atoms with Gasteiger partial charge in [0.2, 0.25) is 5.91 Å². The van der Waals surface area contributed by atoms with Crippen molar-refractivity contribution in [3.63, 3.8) is 0 Å². The van der Waals surface area contributed by atoms with E-state index < -0.39 is 30.0 Å². The van der Waals surface area contributed by atoms with Crippen LogP contribution in [0, 0.1) is 11.3 Å². The summed E-state index contributed by atoms with van der Waals surface area (Å²) in [5.74, 6) is -4.04. The van der Waals surface area contributed by atoms with E-state index in [0.717, 1.165) is 12.8 Å². The van der Waals surface area contributed by atoms with Gasteiger partial charge in [0, 0.05) is 27.7 Å². The van der Waals surface area contributed by atoms with Crippen molar-refractivity contribution in [2.45, 2.75) is 51.1 Å². The quantitative estimate of drug-likeness (QED) is 0.215. The fourth-order valence-corrected chi connectivity index (χ4v) is 7.64. The summed E-state index contributed by atoms with van der Waals surface area (Å²) in [5, 5.41) is 2.89. The second kappa shape index (κ2) is 11.8. The summed E-state index contributed by atoms with van der Waals surface area (Å²) in [4.78, 5) is 47.3. The van der Waals surface area contributed by atoms with Crippen LogP contribution < -0.4 is 5.32 Å². The number of aromatic nitrogens is 2. The first kappa shape index (κ1) is 32.5. The molecule has 1 saturated heterocycles. The first-order chi connectivity index (χ1) is 22.8. The minimum Gasteiger partial charge on any atom is -0.453 e. The van der Waals surface area contributed by atoms with E-state index in [4.69, 9.17) is 21.3 Å². The van der Waals surface area contributed by atoms with Crippen LogP contribution in [0.2, 0.25) is 5.02 Å². The zero-order chi connectivity index (χ0) is 34.1. The zero-order valence-electron chi connectivity index (χ0n) is 26.4. The Kier molecular flexibility index (Phi) is 7.98. The van der Waals surface area contributed by atoms with Crippen molar-refractivity contribution in [1.29, 1.82) is 0 Å². The van der Waals surface area contributed by atoms with E-state index in [0.29, 0.717) is 45.6 Å². The number of hydrogen-bond donors (Lipinski definition) is 1. The molecule has 8 nitrogen and oxygen atoms in total. The number of carbonyl (C=O) groups is 3. The molecule has 0 bridgehead atoms. The number of methoxy groups -OCH3 is 1. The van der Waals surface area contributed by atoms with Crippen molar-refractivity contribution in [1.82, 2.24) is 19.8 Å². The zero-order valence-corrected chi connectivity index (χ0v) is 28.7. The number of imidazole rings is 1. The molecule has 248 valence electrons. The molecule has 1 spiro atoms. The number of amides is 2. The summed E-state index contributed by atoms with van der Waals surface area (Å²) in [6.07, 6.45) is 3.15. The molecule has 2 atom stereocenters. The number of rotatable bonds is 6. The summed E-state index contributed by atoms with van der Waals surface area (Å²) >= 11 is 9.84. The third-order valence-electron chi connectivity index (χ3n) is 9.80. The largest absolute Gasteiger partial charge is 0.453 e. The predicted molar refractivity (Wildman–Crippen MR) is 180 cm³/mol. The lowest BCUT2D eigenvalue weighted by atomic mass is 10.0. The van der Waals surface area contributed by atoms with E-state index in [2.05, 4.69) is 21.2 Å². The van der Waals surface area contributed by atoms with Gasteiger partial charge in [0.1, 0.15) is 11.9 Å². The van der Waals surface area contributed by atoms with Crippen LogP contribution in [0.4, 0.5) is 13.6 Å². The van der Waals surface area contributed by atoms with Gasteiger partial charge in [-0.2, -0.15) is 8.78 Å². The van der Waals surface area contributed by atoms with Crippen LogP contribution in [0.1, 0.15) is 66.5 Å². The third kappa shape index (κ3) is 5.31. The highest BCUT2D eigenvalue weighted by Gasteiger charge is 2.56. The molecular formula is C36H32BrClF2N4O4. The maximum atomic E-state index is 15.9. The average molecular weight is 738 g/mol. The number of ether oxygens (including phenoxy) is 1. The van der Waals surface area contributed by atoms with Gasteiger partial charge in [-0.3, -0.25) is 14.2 Å². The van der Waals surface area contributed by atoms with E-state index in [1.165, 1.54) is 30.0 Å². The molecule has 2 amide bonds. The molecule has 1 aromatic heterocycles. The van der Waals surface area contributed by atoms with Crippen LogP contribution in [0.15, 0.2) is 71.3 Å². The van der Waals surface area contributed by atoms with Crippen LogP contribution >= 0.6 is 27.5 Å². The molecule has 3 aliphatic rings. The Morgan fingerprint density at radius 1 is 1.04 bits per heavy atom. The van der Waals surface area contributed by atoms with E-state index in [1.807, 2.05) is 13.8 Å². The number of nitrogens with zero attached hydrogens (tertiary/aromatic N) is 3. The number of carbonyl (C=O) groups excluding carboxylic acids is 3. The van der Waals surface area contributed by atoms with Gasteiger partial charge >= 0.3 is 6.09 Å². The van der Waals surface area contributed by atoms with Crippen molar-refractivity contribution < 1.29 is 27.9 Å². The molecular weight excluding hydrogens is 706 g/mol. The Hall–Kier alpha value is -4.09. The molecule has 1 saturated carbocycles. The first-order valence-electron chi connectivity index (χ1n) is 15.7. The molecule has 7 rings (SSSR count). The number of hydrogen-bond acceptors (Lipinski definition) is 5. The maximum absolute atomic E-state index is 15.9. The van der Waals surface area contributed by atoms with Crippen molar-refractivity contribution in [2.75, 3.05) is 13.7 Å². The molecule has 12 heteroatoms. The minimum atomic E-state index is -3.27. The number of fused-ring (bicyclic) bond motifs is 3. The van der Waals surface area contributed by atoms with Crippen molar-refractivity contribution in [2.24, 2.45) is 11.3 Å². The molecule has 0 radical (unpaired) electrons. The molecule has 2 heterocycles. The summed E-state index contributed by atoms with van der Waals surface area (Å²) in [7, 11) is 1.24. The Morgan fingerprint density at radius 2 is 1.73 bits per heavy atom. The average Bonchev–Trinajstić information content (AvgIpc) is 3.41. The molecule has 1 aliphatic heterocycles. The van der Waals surface area contributed by atoms with E-state index >= 15 is 8.78 Å². The normalized spacial score (nSPS) is 18.8. The highest BCUT2D eigenvalue weighted by atomic mass is 79.9. The Morgan fingerprint density at radius 3 is 2.40 bits per heavy atom. The smallest absolute Gasteiger partial charge is 0.407 e. The topological polar surface area (TPSA) is 93.5 Å². The van der Waals surface area contributed by atoms with Crippen molar-refractivity contribution >= 4 is 45.4 Å². The maximum Gasteiger partial charge on any atom is 0.407 e. The number of alkyl halides is 2. The Bertz CT molecular complexity index is 1990. The summed E-state index contributed by atoms with van der Waals surface area (Å²) in [6.45, 7) is 4.10. The van der Waals surface area contributed by atoms with Gasteiger partial charge in [-0.25, -0.2) is 9.78 Å². The van der Waals surface area contributed by atoms with E-state index in [-0.39, 0.29) is 39.0 Å². The fourth-order valence-electron chi connectivity index (χ4n) is 7.06. The lowest BCUT2D eigenvalue weighted by Crippen LogP contribution is -2.51. The Balaban J connectivity index is 1.36. The second-order valence-corrected chi connectivity index (χ2v) is 14.5. The first-order valence-corrected chi connectivity index (χ1v) is 16.9. The van der Waals surface area contributed by atoms with Gasteiger partial charge in [0.25, 0.3) is 11.8 Å². The number of halogens is 4. The standard InChI is InChI=1S/C36H32BrClF2N4O4/c1-19(2)30(42-34(47)48-3)33(46)43-18-35(12-13-35)16-28(43)31-41-17-29(44(31)32(45)24-6-4-5-7-27(24)38)20-8-10-22-23-11-9-21(37)15-26(23)36(39,40)25(22)14-20/h4-11,14-15,17,19,28,30H,12-13,16,18H2,1-3H3,(H,42,47)/t28-,30-/m0/s1. The highest BCUT2D eigenvalue weighted by molar-refractivity contribution is 9.10. The summed E-state index contributed by atoms with van der Waals surface area (Å²) in [5.41, 5.74) is 1.32. The van der Waals surface area contributed by atoms with Crippen molar-refractivity contribution in [3.05, 3.63) is 98.9 Å². The molecule has 48 heavy (non-hydrogen) atoms. The monoisotopic (exact) mass is 736 g/mol.